The smallest absolute Gasteiger partial charge is 0.410 e. The van der Waals surface area contributed by atoms with Crippen LogP contribution in [0.2, 0.25) is 0 Å². The SMILES string of the molecule is O=C(CN1CCOC1=O)N[C@H]1C[C@H]2CN(c3ncccn3)C[C@H]2C[C@@H]1OCC1CC1. The Hall–Kier alpha value is -2.42. The van der Waals surface area contributed by atoms with Crippen molar-refractivity contribution in [1.82, 2.24) is 20.2 Å². The molecule has 9 nitrogen and oxygen atoms in total. The Morgan fingerprint density at radius 1 is 1.20 bits per heavy atom. The van der Waals surface area contributed by atoms with Crippen molar-refractivity contribution in [2.45, 2.75) is 37.8 Å². The van der Waals surface area contributed by atoms with Gasteiger partial charge in [0.25, 0.3) is 0 Å². The number of hydrogen-bond donors (Lipinski definition) is 1. The first-order valence-electron chi connectivity index (χ1n) is 11.0. The molecule has 9 heteroatoms. The zero-order valence-corrected chi connectivity index (χ0v) is 17.1. The summed E-state index contributed by atoms with van der Waals surface area (Å²) < 4.78 is 11.2. The van der Waals surface area contributed by atoms with E-state index in [-0.39, 0.29) is 24.6 Å². The van der Waals surface area contributed by atoms with E-state index in [2.05, 4.69) is 20.2 Å². The number of hydrogen-bond acceptors (Lipinski definition) is 7. The maximum Gasteiger partial charge on any atom is 0.410 e. The molecule has 30 heavy (non-hydrogen) atoms. The molecule has 3 heterocycles. The van der Waals surface area contributed by atoms with Crippen LogP contribution in [0.5, 0.6) is 0 Å². The minimum Gasteiger partial charge on any atom is -0.448 e. The lowest BCUT2D eigenvalue weighted by atomic mass is 9.77. The van der Waals surface area contributed by atoms with Crippen molar-refractivity contribution in [3.63, 3.8) is 0 Å². The molecule has 2 saturated heterocycles. The molecule has 4 fully saturated rings. The number of rotatable bonds is 7. The van der Waals surface area contributed by atoms with E-state index in [1.54, 1.807) is 12.4 Å². The fraction of sp³-hybridized carbons (Fsp3) is 0.714. The lowest BCUT2D eigenvalue weighted by molar-refractivity contribution is -0.124. The van der Waals surface area contributed by atoms with Crippen molar-refractivity contribution in [3.05, 3.63) is 18.5 Å². The van der Waals surface area contributed by atoms with Crippen LogP contribution in [-0.4, -0.2) is 78.4 Å². The molecule has 2 aliphatic heterocycles. The van der Waals surface area contributed by atoms with E-state index in [4.69, 9.17) is 9.47 Å². The monoisotopic (exact) mass is 415 g/mol. The number of aromatic nitrogens is 2. The summed E-state index contributed by atoms with van der Waals surface area (Å²) in [5.74, 6) is 2.29. The Labute approximate surface area is 176 Å². The van der Waals surface area contributed by atoms with Crippen LogP contribution in [0.3, 0.4) is 0 Å². The summed E-state index contributed by atoms with van der Waals surface area (Å²) in [5, 5.41) is 3.16. The Bertz CT molecular complexity index is 774. The number of cyclic esters (lactones) is 1. The number of ether oxygens (including phenoxy) is 2. The van der Waals surface area contributed by atoms with Crippen molar-refractivity contribution >= 4 is 17.9 Å². The van der Waals surface area contributed by atoms with Gasteiger partial charge in [0.05, 0.1) is 18.7 Å². The summed E-state index contributed by atoms with van der Waals surface area (Å²) >= 11 is 0. The fourth-order valence-corrected chi connectivity index (χ4v) is 4.91. The van der Waals surface area contributed by atoms with Crippen LogP contribution < -0.4 is 10.2 Å². The molecule has 1 aromatic rings. The van der Waals surface area contributed by atoms with E-state index < -0.39 is 6.09 Å². The molecule has 4 aliphatic rings. The standard InChI is InChI=1S/C21H29N5O4/c27-19(12-25-6-7-29-21(25)28)24-17-8-15-10-26(20-22-4-1-5-23-20)11-16(15)9-18(17)30-13-14-2-3-14/h1,4-5,14-18H,2-3,6-13H2,(H,24,27)/t15-,16+,17-,18-/m0/s1. The molecule has 1 N–H and O–H groups in total. The first-order chi connectivity index (χ1) is 14.7. The summed E-state index contributed by atoms with van der Waals surface area (Å²) in [7, 11) is 0. The third kappa shape index (κ3) is 4.35. The molecule has 1 aromatic heterocycles. The van der Waals surface area contributed by atoms with E-state index in [9.17, 15) is 9.59 Å². The first-order valence-corrected chi connectivity index (χ1v) is 11.0. The van der Waals surface area contributed by atoms with Gasteiger partial charge in [0, 0.05) is 32.1 Å². The second kappa shape index (κ2) is 8.37. The third-order valence-corrected chi connectivity index (χ3v) is 6.72. The normalized spacial score (nSPS) is 30.9. The van der Waals surface area contributed by atoms with E-state index in [0.29, 0.717) is 30.9 Å². The predicted molar refractivity (Wildman–Crippen MR) is 108 cm³/mol. The van der Waals surface area contributed by atoms with Crippen molar-refractivity contribution in [2.75, 3.05) is 44.3 Å². The molecule has 5 rings (SSSR count). The van der Waals surface area contributed by atoms with Crippen molar-refractivity contribution in [2.24, 2.45) is 17.8 Å². The largest absolute Gasteiger partial charge is 0.448 e. The molecule has 2 amide bonds. The number of nitrogens with one attached hydrogen (secondary N) is 1. The minimum atomic E-state index is -0.412. The fourth-order valence-electron chi connectivity index (χ4n) is 4.91. The summed E-state index contributed by atoms with van der Waals surface area (Å²) in [6.07, 6.45) is 7.44. The lowest BCUT2D eigenvalue weighted by Crippen LogP contribution is -2.52. The molecular weight excluding hydrogens is 386 g/mol. The number of fused-ring (bicyclic) bond motifs is 1. The highest BCUT2D eigenvalue weighted by atomic mass is 16.6. The van der Waals surface area contributed by atoms with Crippen LogP contribution >= 0.6 is 0 Å². The van der Waals surface area contributed by atoms with E-state index in [1.165, 1.54) is 17.7 Å². The molecular formula is C21H29N5O4. The number of nitrogens with zero attached hydrogens (tertiary/aromatic N) is 4. The van der Waals surface area contributed by atoms with Gasteiger partial charge < -0.3 is 19.7 Å². The highest BCUT2D eigenvalue weighted by molar-refractivity contribution is 5.83. The average Bonchev–Trinajstić information content (AvgIpc) is 3.36. The molecule has 2 saturated carbocycles. The number of carbonyl (C=O) groups is 2. The zero-order chi connectivity index (χ0) is 20.5. The van der Waals surface area contributed by atoms with Gasteiger partial charge in [-0.1, -0.05) is 0 Å². The van der Waals surface area contributed by atoms with Crippen molar-refractivity contribution < 1.29 is 19.1 Å². The highest BCUT2D eigenvalue weighted by Crippen LogP contribution is 2.39. The van der Waals surface area contributed by atoms with Gasteiger partial charge in [-0.25, -0.2) is 14.8 Å². The molecule has 0 unspecified atom stereocenters. The third-order valence-electron chi connectivity index (χ3n) is 6.72. The second-order valence-corrected chi connectivity index (χ2v) is 8.97. The summed E-state index contributed by atoms with van der Waals surface area (Å²) in [6, 6.07) is 1.79. The van der Waals surface area contributed by atoms with Gasteiger partial charge >= 0.3 is 6.09 Å². The quantitative estimate of drug-likeness (QED) is 0.711. The average molecular weight is 415 g/mol. The number of anilines is 1. The molecule has 0 spiro atoms. The molecule has 162 valence electrons. The van der Waals surface area contributed by atoms with E-state index >= 15 is 0 Å². The maximum atomic E-state index is 12.6. The predicted octanol–water partition coefficient (Wildman–Crippen LogP) is 1.06. The Kier molecular flexibility index (Phi) is 5.45. The van der Waals surface area contributed by atoms with Crippen LogP contribution in [0.15, 0.2) is 18.5 Å². The molecule has 4 atom stereocenters. The van der Waals surface area contributed by atoms with Crippen LogP contribution in [0, 0.1) is 17.8 Å². The van der Waals surface area contributed by atoms with E-state index in [1.807, 2.05) is 6.07 Å². The van der Waals surface area contributed by atoms with Gasteiger partial charge in [-0.3, -0.25) is 9.69 Å². The maximum absolute atomic E-state index is 12.6. The minimum absolute atomic E-state index is 0.0120. The van der Waals surface area contributed by atoms with Crippen LogP contribution in [0.1, 0.15) is 25.7 Å². The Balaban J connectivity index is 1.23. The summed E-state index contributed by atoms with van der Waals surface area (Å²) in [4.78, 5) is 36.8. The van der Waals surface area contributed by atoms with Gasteiger partial charge in [-0.2, -0.15) is 0 Å². The summed E-state index contributed by atoms with van der Waals surface area (Å²) in [6.45, 7) is 3.47. The number of amides is 2. The lowest BCUT2D eigenvalue weighted by Gasteiger charge is -2.38. The van der Waals surface area contributed by atoms with Crippen molar-refractivity contribution in [1.29, 1.82) is 0 Å². The number of carbonyl (C=O) groups excluding carboxylic acids is 2. The second-order valence-electron chi connectivity index (χ2n) is 8.97. The van der Waals surface area contributed by atoms with E-state index in [0.717, 1.165) is 38.5 Å². The summed E-state index contributed by atoms with van der Waals surface area (Å²) in [5.41, 5.74) is 0. The van der Waals surface area contributed by atoms with Gasteiger partial charge in [-0.05, 0) is 49.5 Å². The molecule has 0 bridgehead atoms. The van der Waals surface area contributed by atoms with Crippen molar-refractivity contribution in [3.8, 4) is 0 Å². The molecule has 0 radical (unpaired) electrons. The van der Waals surface area contributed by atoms with Gasteiger partial charge in [-0.15, -0.1) is 0 Å². The Morgan fingerprint density at radius 3 is 2.67 bits per heavy atom. The van der Waals surface area contributed by atoms with Crippen LogP contribution in [0.4, 0.5) is 10.7 Å². The van der Waals surface area contributed by atoms with Crippen LogP contribution in [-0.2, 0) is 14.3 Å². The Morgan fingerprint density at radius 2 is 1.97 bits per heavy atom. The van der Waals surface area contributed by atoms with Gasteiger partial charge in [0.1, 0.15) is 13.2 Å². The highest BCUT2D eigenvalue weighted by Gasteiger charge is 2.44. The first kappa shape index (κ1) is 19.5. The molecule has 0 aromatic carbocycles. The van der Waals surface area contributed by atoms with Gasteiger partial charge in [0.15, 0.2) is 0 Å². The topological polar surface area (TPSA) is 96.9 Å². The molecule has 2 aliphatic carbocycles. The van der Waals surface area contributed by atoms with Crippen LogP contribution in [0.25, 0.3) is 0 Å². The van der Waals surface area contributed by atoms with Gasteiger partial charge in [0.2, 0.25) is 11.9 Å². The zero-order valence-electron chi connectivity index (χ0n) is 17.1.